The number of hydrogen-bond donors (Lipinski definition) is 0. The second-order valence-electron chi connectivity index (χ2n) is 7.41. The largest absolute Gasteiger partial charge is 0.305 e. The SMILES string of the molecule is CC(C)(C)c1ccc(P(=O)(C(=O)c2ccccc2)c2ccccc2)cc1. The number of hydrogen-bond acceptors (Lipinski definition) is 2. The molecule has 1 atom stereocenters. The monoisotopic (exact) mass is 362 g/mol. The average Bonchev–Trinajstić information content (AvgIpc) is 2.67. The fraction of sp³-hybridized carbons (Fsp3) is 0.174. The summed E-state index contributed by atoms with van der Waals surface area (Å²) in [4.78, 5) is 13.3. The highest BCUT2D eigenvalue weighted by Gasteiger charge is 2.36. The number of carbonyl (C=O) groups is 1. The van der Waals surface area contributed by atoms with Crippen molar-refractivity contribution < 1.29 is 9.36 Å². The van der Waals surface area contributed by atoms with Gasteiger partial charge in [0.25, 0.3) is 0 Å². The zero-order chi connectivity index (χ0) is 18.8. The maximum atomic E-state index is 14.1. The quantitative estimate of drug-likeness (QED) is 0.602. The fourth-order valence-electron chi connectivity index (χ4n) is 2.96. The van der Waals surface area contributed by atoms with Crippen molar-refractivity contribution in [1.82, 2.24) is 0 Å². The highest BCUT2D eigenvalue weighted by atomic mass is 31.2. The van der Waals surface area contributed by atoms with E-state index in [4.69, 9.17) is 0 Å². The van der Waals surface area contributed by atoms with Crippen LogP contribution in [-0.2, 0) is 9.98 Å². The van der Waals surface area contributed by atoms with Crippen molar-refractivity contribution in [2.45, 2.75) is 26.2 Å². The van der Waals surface area contributed by atoms with Gasteiger partial charge in [0.1, 0.15) is 0 Å². The van der Waals surface area contributed by atoms with Crippen LogP contribution in [0.2, 0.25) is 0 Å². The van der Waals surface area contributed by atoms with Crippen molar-refractivity contribution in [3.8, 4) is 0 Å². The Bertz CT molecular complexity index is 937. The van der Waals surface area contributed by atoms with Gasteiger partial charge in [0, 0.05) is 16.2 Å². The van der Waals surface area contributed by atoms with Gasteiger partial charge in [-0.15, -0.1) is 0 Å². The van der Waals surface area contributed by atoms with Gasteiger partial charge in [-0.1, -0.05) is 106 Å². The number of rotatable bonds is 4. The lowest BCUT2D eigenvalue weighted by Crippen LogP contribution is -2.23. The second kappa shape index (κ2) is 7.05. The van der Waals surface area contributed by atoms with E-state index < -0.39 is 7.14 Å². The maximum Gasteiger partial charge on any atom is 0.230 e. The van der Waals surface area contributed by atoms with Gasteiger partial charge in [0.15, 0.2) is 0 Å². The lowest BCUT2D eigenvalue weighted by Gasteiger charge is -2.22. The minimum atomic E-state index is -3.45. The van der Waals surface area contributed by atoms with E-state index in [0.29, 0.717) is 16.2 Å². The molecule has 0 saturated heterocycles. The molecule has 0 saturated carbocycles. The van der Waals surface area contributed by atoms with E-state index >= 15 is 0 Å². The molecule has 0 radical (unpaired) electrons. The molecule has 2 nitrogen and oxygen atoms in total. The molecule has 3 heteroatoms. The van der Waals surface area contributed by atoms with Gasteiger partial charge in [-0.3, -0.25) is 4.79 Å². The predicted molar refractivity (Wildman–Crippen MR) is 109 cm³/mol. The summed E-state index contributed by atoms with van der Waals surface area (Å²) in [5.74, 6) is 0. The van der Waals surface area contributed by atoms with Gasteiger partial charge >= 0.3 is 0 Å². The first-order valence-corrected chi connectivity index (χ1v) is 10.4. The Morgan fingerprint density at radius 1 is 0.692 bits per heavy atom. The molecule has 26 heavy (non-hydrogen) atoms. The van der Waals surface area contributed by atoms with Gasteiger partial charge < -0.3 is 4.57 Å². The second-order valence-corrected chi connectivity index (χ2v) is 10.1. The van der Waals surface area contributed by atoms with Gasteiger partial charge in [-0.05, 0) is 11.0 Å². The molecule has 0 heterocycles. The van der Waals surface area contributed by atoms with Gasteiger partial charge in [-0.25, -0.2) is 0 Å². The number of carbonyl (C=O) groups excluding carboxylic acids is 1. The van der Waals surface area contributed by atoms with Crippen molar-refractivity contribution >= 4 is 23.3 Å². The molecule has 3 aromatic carbocycles. The van der Waals surface area contributed by atoms with Crippen LogP contribution < -0.4 is 10.6 Å². The van der Waals surface area contributed by atoms with Crippen molar-refractivity contribution in [2.75, 3.05) is 0 Å². The van der Waals surface area contributed by atoms with Crippen LogP contribution in [0.1, 0.15) is 36.7 Å². The lowest BCUT2D eigenvalue weighted by molar-refractivity contribution is 0.107. The highest BCUT2D eigenvalue weighted by Crippen LogP contribution is 2.47. The van der Waals surface area contributed by atoms with Crippen molar-refractivity contribution in [1.29, 1.82) is 0 Å². The average molecular weight is 362 g/mol. The summed E-state index contributed by atoms with van der Waals surface area (Å²) in [5, 5.41) is 1.14. The van der Waals surface area contributed by atoms with Crippen LogP contribution in [0.5, 0.6) is 0 Å². The summed E-state index contributed by atoms with van der Waals surface area (Å²) in [6, 6.07) is 25.6. The molecule has 0 aliphatic rings. The summed E-state index contributed by atoms with van der Waals surface area (Å²) < 4.78 is 14.1. The zero-order valence-corrected chi connectivity index (χ0v) is 16.2. The van der Waals surface area contributed by atoms with E-state index in [1.54, 1.807) is 36.4 Å². The third-order valence-corrected chi connectivity index (χ3v) is 7.40. The van der Waals surface area contributed by atoms with Crippen molar-refractivity contribution in [2.24, 2.45) is 0 Å². The van der Waals surface area contributed by atoms with E-state index in [0.717, 1.165) is 5.56 Å². The van der Waals surface area contributed by atoms with E-state index in [-0.39, 0.29) is 10.9 Å². The van der Waals surface area contributed by atoms with E-state index in [1.807, 2.05) is 48.5 Å². The Morgan fingerprint density at radius 2 is 1.15 bits per heavy atom. The number of benzene rings is 3. The molecule has 0 aliphatic heterocycles. The van der Waals surface area contributed by atoms with Crippen molar-refractivity contribution in [3.05, 3.63) is 96.1 Å². The Balaban J connectivity index is 2.16. The molecule has 0 amide bonds. The standard InChI is InChI=1S/C23H23O2P/c1-23(2,3)19-14-16-21(17-15-19)26(25,20-12-8-5-9-13-20)22(24)18-10-6-4-7-11-18/h4-17H,1-3H3. The van der Waals surface area contributed by atoms with Crippen LogP contribution in [0.25, 0.3) is 0 Å². The molecule has 0 fully saturated rings. The predicted octanol–water partition coefficient (Wildman–Crippen LogP) is 5.14. The topological polar surface area (TPSA) is 34.1 Å². The van der Waals surface area contributed by atoms with Crippen LogP contribution in [0.4, 0.5) is 0 Å². The molecule has 3 rings (SSSR count). The Morgan fingerprint density at radius 3 is 1.65 bits per heavy atom. The van der Waals surface area contributed by atoms with Gasteiger partial charge in [0.2, 0.25) is 12.7 Å². The smallest absolute Gasteiger partial charge is 0.230 e. The molecule has 0 bridgehead atoms. The van der Waals surface area contributed by atoms with Crippen LogP contribution >= 0.6 is 7.14 Å². The summed E-state index contributed by atoms with van der Waals surface area (Å²) >= 11 is 0. The van der Waals surface area contributed by atoms with Crippen LogP contribution in [0.15, 0.2) is 84.9 Å². The maximum absolute atomic E-state index is 14.1. The Labute approximate surface area is 155 Å². The highest BCUT2D eigenvalue weighted by molar-refractivity contribution is 7.93. The molecule has 0 N–H and O–H groups in total. The molecule has 132 valence electrons. The van der Waals surface area contributed by atoms with E-state index in [9.17, 15) is 9.36 Å². The van der Waals surface area contributed by atoms with Crippen LogP contribution in [0, 0.1) is 0 Å². The molecule has 3 aromatic rings. The molecular formula is C23H23O2P. The zero-order valence-electron chi connectivity index (χ0n) is 15.3. The summed E-state index contributed by atoms with van der Waals surface area (Å²) in [6.07, 6.45) is 0. The molecule has 1 unspecified atom stereocenters. The summed E-state index contributed by atoms with van der Waals surface area (Å²) in [7, 11) is -3.45. The fourth-order valence-corrected chi connectivity index (χ4v) is 5.40. The minimum absolute atomic E-state index is 0.00129. The van der Waals surface area contributed by atoms with Gasteiger partial charge in [-0.2, -0.15) is 0 Å². The minimum Gasteiger partial charge on any atom is -0.305 e. The van der Waals surface area contributed by atoms with Gasteiger partial charge in [0.05, 0.1) is 0 Å². The van der Waals surface area contributed by atoms with E-state index in [2.05, 4.69) is 20.8 Å². The Kier molecular flexibility index (Phi) is 4.98. The summed E-state index contributed by atoms with van der Waals surface area (Å²) in [6.45, 7) is 6.40. The normalized spacial score (nSPS) is 13.8. The van der Waals surface area contributed by atoms with Crippen molar-refractivity contribution in [3.63, 3.8) is 0 Å². The first-order valence-electron chi connectivity index (χ1n) is 8.70. The molecule has 0 aromatic heterocycles. The molecular weight excluding hydrogens is 339 g/mol. The first-order chi connectivity index (χ1) is 12.3. The molecule has 0 spiro atoms. The van der Waals surface area contributed by atoms with E-state index in [1.165, 1.54) is 0 Å². The Hall–Kier alpha value is -2.44. The first kappa shape index (κ1) is 18.4. The third kappa shape index (κ3) is 3.43. The van der Waals surface area contributed by atoms with Crippen LogP contribution in [0.3, 0.4) is 0 Å². The third-order valence-electron chi connectivity index (χ3n) is 4.52. The lowest BCUT2D eigenvalue weighted by atomic mass is 9.87. The van der Waals surface area contributed by atoms with Crippen LogP contribution in [-0.4, -0.2) is 5.52 Å². The molecule has 0 aliphatic carbocycles. The summed E-state index contributed by atoms with van der Waals surface area (Å²) in [5.41, 5.74) is 1.29.